The molecule has 25 heavy (non-hydrogen) atoms. The molecule has 0 aliphatic heterocycles. The Hall–Kier alpha value is -1.73. The Morgan fingerprint density at radius 3 is 2.64 bits per heavy atom. The van der Waals surface area contributed by atoms with Crippen molar-refractivity contribution in [3.63, 3.8) is 0 Å². The predicted molar refractivity (Wildman–Crippen MR) is 100 cm³/mol. The summed E-state index contributed by atoms with van der Waals surface area (Å²) in [5.74, 6) is 0.582. The van der Waals surface area contributed by atoms with E-state index in [4.69, 9.17) is 0 Å². The van der Waals surface area contributed by atoms with Crippen molar-refractivity contribution in [3.8, 4) is 11.1 Å². The molecule has 1 heteroatoms. The monoisotopic (exact) mass is 487 g/mol. The fourth-order valence-electron chi connectivity index (χ4n) is 4.42. The molecular weight excluding hydrogens is 467 g/mol. The Labute approximate surface area is 164 Å². The van der Waals surface area contributed by atoms with Crippen LogP contribution in [0.2, 0.25) is 0 Å². The van der Waals surface area contributed by atoms with Gasteiger partial charge in [0.15, 0.2) is 0 Å². The topological polar surface area (TPSA) is 0 Å². The molecule has 3 aromatic carbocycles. The summed E-state index contributed by atoms with van der Waals surface area (Å²) in [6, 6.07) is 24.7. The molecule has 0 aromatic heterocycles. The average molecular weight is 486 g/mol. The molecule has 0 radical (unpaired) electrons. The first-order valence-electron chi connectivity index (χ1n) is 8.99. The average Bonchev–Trinajstić information content (AvgIpc) is 3.23. The molecule has 3 aromatic rings. The minimum absolute atomic E-state index is 0.582. The van der Waals surface area contributed by atoms with Crippen LogP contribution in [-0.2, 0) is 30.8 Å². The van der Waals surface area contributed by atoms with Crippen LogP contribution in [0.5, 0.6) is 0 Å². The van der Waals surface area contributed by atoms with E-state index < -0.39 is 0 Å². The number of benzene rings is 3. The third-order valence-corrected chi connectivity index (χ3v) is 7.62. The van der Waals surface area contributed by atoms with Crippen LogP contribution >= 0.6 is 0 Å². The van der Waals surface area contributed by atoms with Gasteiger partial charge in [0.2, 0.25) is 0 Å². The first-order chi connectivity index (χ1) is 12.3. The van der Waals surface area contributed by atoms with E-state index in [1.54, 1.807) is 11.1 Å². The van der Waals surface area contributed by atoms with Gasteiger partial charge in [-0.25, -0.2) is 0 Å². The third-order valence-electron chi connectivity index (χ3n) is 5.66. The van der Waals surface area contributed by atoms with E-state index in [-0.39, 0.29) is 0 Å². The molecule has 2 unspecified atom stereocenters. The van der Waals surface area contributed by atoms with Crippen LogP contribution in [0.25, 0.3) is 17.2 Å². The van der Waals surface area contributed by atoms with Crippen molar-refractivity contribution in [1.29, 1.82) is 0 Å². The second-order valence-electron chi connectivity index (χ2n) is 7.09. The number of hydrogen-bond donors (Lipinski definition) is 0. The zero-order valence-corrected chi connectivity index (χ0v) is 17.7. The van der Waals surface area contributed by atoms with Crippen LogP contribution in [0.4, 0.5) is 0 Å². The van der Waals surface area contributed by atoms with E-state index in [2.05, 4.69) is 78.9 Å². The van der Waals surface area contributed by atoms with Gasteiger partial charge >= 0.3 is 165 Å². The molecule has 0 amide bonds. The summed E-state index contributed by atoms with van der Waals surface area (Å²) >= 11 is 1.20. The van der Waals surface area contributed by atoms with Crippen LogP contribution in [-0.4, -0.2) is 0 Å². The Kier molecular flexibility index (Phi) is 3.86. The number of fused-ring (bicyclic) bond motifs is 4. The van der Waals surface area contributed by atoms with Gasteiger partial charge in [-0.1, -0.05) is 0 Å². The van der Waals surface area contributed by atoms with E-state index in [9.17, 15) is 0 Å². The Balaban J connectivity index is 1.47. The zero-order chi connectivity index (χ0) is 16.8. The maximum atomic E-state index is 2.41. The Morgan fingerprint density at radius 2 is 1.68 bits per heavy atom. The van der Waals surface area contributed by atoms with E-state index in [1.165, 1.54) is 58.6 Å². The molecule has 0 nitrogen and oxygen atoms in total. The molecule has 2 aliphatic rings. The molecule has 0 saturated heterocycles. The molecule has 0 N–H and O–H groups in total. The van der Waals surface area contributed by atoms with Crippen molar-refractivity contribution in [2.75, 3.05) is 0 Å². The van der Waals surface area contributed by atoms with Crippen molar-refractivity contribution in [1.82, 2.24) is 0 Å². The van der Waals surface area contributed by atoms with Crippen LogP contribution in [0.1, 0.15) is 43.8 Å². The molecule has 2 aliphatic carbocycles. The summed E-state index contributed by atoms with van der Waals surface area (Å²) in [4.78, 5) is 0. The van der Waals surface area contributed by atoms with Gasteiger partial charge in [-0.05, 0) is 0 Å². The van der Waals surface area contributed by atoms with E-state index >= 15 is 0 Å². The first kappa shape index (κ1) is 15.5. The van der Waals surface area contributed by atoms with Gasteiger partial charge in [-0.3, -0.25) is 0 Å². The normalized spacial score (nSPS) is 17.8. The molecule has 0 fully saturated rings. The van der Waals surface area contributed by atoms with Gasteiger partial charge in [0.1, 0.15) is 0 Å². The molecule has 0 saturated carbocycles. The predicted octanol–water partition coefficient (Wildman–Crippen LogP) is 6.05. The van der Waals surface area contributed by atoms with Crippen LogP contribution in [0, 0.1) is 0 Å². The molecular formula is C24H19Hf. The molecule has 119 valence electrons. The molecule has 0 heterocycles. The van der Waals surface area contributed by atoms with E-state index in [0.29, 0.717) is 9.59 Å². The summed E-state index contributed by atoms with van der Waals surface area (Å²) in [5.41, 5.74) is 10.5. The summed E-state index contributed by atoms with van der Waals surface area (Å²) in [7, 11) is 0. The zero-order valence-electron chi connectivity index (χ0n) is 14.1. The number of rotatable bonds is 3. The minimum atomic E-state index is 0.582. The molecule has 0 bridgehead atoms. The van der Waals surface area contributed by atoms with Crippen molar-refractivity contribution in [2.24, 2.45) is 0 Å². The summed E-state index contributed by atoms with van der Waals surface area (Å²) < 4.78 is 0.699. The Morgan fingerprint density at radius 1 is 0.880 bits per heavy atom. The van der Waals surface area contributed by atoms with Gasteiger partial charge in [-0.2, -0.15) is 0 Å². The summed E-state index contributed by atoms with van der Waals surface area (Å²) in [6.07, 6.45) is 7.07. The Bertz CT molecular complexity index is 983. The summed E-state index contributed by atoms with van der Waals surface area (Å²) in [6.45, 7) is 0. The second kappa shape index (κ2) is 6.21. The third kappa shape index (κ3) is 2.60. The number of hydrogen-bond acceptors (Lipinski definition) is 0. The molecule has 2 atom stereocenters. The maximum absolute atomic E-state index is 2.41. The van der Waals surface area contributed by atoms with Crippen molar-refractivity contribution in [3.05, 3.63) is 101 Å². The van der Waals surface area contributed by atoms with Crippen molar-refractivity contribution in [2.45, 2.75) is 22.4 Å². The van der Waals surface area contributed by atoms with Gasteiger partial charge in [0, 0.05) is 0 Å². The van der Waals surface area contributed by atoms with Gasteiger partial charge < -0.3 is 0 Å². The van der Waals surface area contributed by atoms with Crippen molar-refractivity contribution >= 4 is 6.08 Å². The SMILES string of the molecule is [Hf][CH](CC1C=Cc2ccccc21)c1cccc2c1Cc1ccccc1-2. The van der Waals surface area contributed by atoms with Crippen molar-refractivity contribution < 1.29 is 24.4 Å². The van der Waals surface area contributed by atoms with Gasteiger partial charge in [0.25, 0.3) is 0 Å². The summed E-state index contributed by atoms with van der Waals surface area (Å²) in [5, 5.41) is 0. The van der Waals surface area contributed by atoms with Crippen LogP contribution in [0.15, 0.2) is 72.8 Å². The fourth-order valence-corrected chi connectivity index (χ4v) is 6.30. The van der Waals surface area contributed by atoms with E-state index in [0.717, 1.165) is 6.42 Å². The molecule has 0 spiro atoms. The second-order valence-corrected chi connectivity index (χ2v) is 9.59. The van der Waals surface area contributed by atoms with Crippen LogP contribution in [0.3, 0.4) is 0 Å². The first-order valence-corrected chi connectivity index (χ1v) is 11.1. The molecule has 5 rings (SSSR count). The fraction of sp³-hybridized carbons (Fsp3) is 0.167. The standard InChI is InChI=1S/C24H19.Hf/c1-3-9-21-17(6-1)12-14-19(21)15-13-18-8-5-11-23-22-10-4-2-7-20(22)16-24(18)23;/h1-14,19H,15-16H2;. The van der Waals surface area contributed by atoms with Crippen LogP contribution < -0.4 is 0 Å². The van der Waals surface area contributed by atoms with Gasteiger partial charge in [0.05, 0.1) is 0 Å². The van der Waals surface area contributed by atoms with E-state index in [1.807, 2.05) is 0 Å². The number of allylic oxidation sites excluding steroid dienone is 1. The van der Waals surface area contributed by atoms with Gasteiger partial charge in [-0.15, -0.1) is 0 Å². The quantitative estimate of drug-likeness (QED) is 0.310.